The fourth-order valence-corrected chi connectivity index (χ4v) is 1.12. The van der Waals surface area contributed by atoms with Crippen molar-refractivity contribution < 1.29 is 8.78 Å². The third-order valence-electron chi connectivity index (χ3n) is 0.498. The summed E-state index contributed by atoms with van der Waals surface area (Å²) in [5.41, 5.74) is 0. The molecule has 0 saturated carbocycles. The largest absolute Gasteiger partial charge is 0.299 e. The van der Waals surface area contributed by atoms with Crippen LogP contribution in [-0.4, -0.2) is 8.38 Å². The van der Waals surface area contributed by atoms with E-state index in [1.165, 1.54) is 0 Å². The molecule has 0 unspecified atom stereocenters. The van der Waals surface area contributed by atoms with Gasteiger partial charge in [-0.3, -0.25) is 0 Å². The van der Waals surface area contributed by atoms with Crippen LogP contribution in [0.15, 0.2) is 0 Å². The van der Waals surface area contributed by atoms with E-state index in [2.05, 4.69) is 23.2 Å². The van der Waals surface area contributed by atoms with E-state index in [9.17, 15) is 8.78 Å². The van der Waals surface area contributed by atoms with Gasteiger partial charge in [0.25, 0.3) is 10.8 Å². The number of halogens is 7. The smallest absolute Gasteiger partial charge is 0.229 e. The third-order valence-corrected chi connectivity index (χ3v) is 1.33. The van der Waals surface area contributed by atoms with Crippen LogP contribution in [0.4, 0.5) is 8.78 Å². The molecule has 0 aliphatic rings. The van der Waals surface area contributed by atoms with Crippen molar-refractivity contribution in [3.05, 3.63) is 6.17 Å². The van der Waals surface area contributed by atoms with Gasteiger partial charge in [-0.15, -0.1) is 0 Å². The second-order valence-electron chi connectivity index (χ2n) is 1.31. The molecular weight excluding hydrogens is 251 g/mol. The van der Waals surface area contributed by atoms with Gasteiger partial charge in [0.1, 0.15) is 0 Å². The Morgan fingerprint density at radius 3 is 1.30 bits per heavy atom. The minimum atomic E-state index is -3.26. The number of hydrogen-bond donors (Lipinski definition) is 0. The van der Waals surface area contributed by atoms with Crippen molar-refractivity contribution >= 4 is 58.0 Å². The number of hydrogen-bond acceptors (Lipinski definition) is 0. The van der Waals surface area contributed by atoms with Crippen molar-refractivity contribution in [1.82, 2.24) is 0 Å². The predicted molar refractivity (Wildman–Crippen MR) is 40.2 cm³/mol. The normalized spacial score (nSPS) is 14.4. The Morgan fingerprint density at radius 2 is 1.30 bits per heavy atom. The summed E-state index contributed by atoms with van der Waals surface area (Å²) in [7, 11) is 0. The number of alkyl halides is 6. The summed E-state index contributed by atoms with van der Waals surface area (Å²) in [6.45, 7) is 0. The van der Waals surface area contributed by atoms with Gasteiger partial charge >= 0.3 is 0 Å². The van der Waals surface area contributed by atoms with Crippen molar-refractivity contribution in [2.45, 2.75) is 8.38 Å². The van der Waals surface area contributed by atoms with Gasteiger partial charge in [0.15, 0.2) is 0 Å². The fourth-order valence-electron chi connectivity index (χ4n) is 0.161. The van der Waals surface area contributed by atoms with Crippen LogP contribution in [-0.2, 0) is 0 Å². The zero-order chi connectivity index (χ0) is 8.58. The maximum absolute atomic E-state index is 12.3. The minimum absolute atomic E-state index is 1.77. The molecular formula is C3Cl5F2. The molecule has 0 N–H and O–H groups in total. The van der Waals surface area contributed by atoms with Crippen LogP contribution in [0.25, 0.3) is 0 Å². The topological polar surface area (TPSA) is 0 Å². The molecule has 0 amide bonds. The molecule has 0 aromatic heterocycles. The van der Waals surface area contributed by atoms with Crippen molar-refractivity contribution in [3.63, 3.8) is 0 Å². The average molecular weight is 251 g/mol. The Bertz CT molecular complexity index is 99.0. The lowest BCUT2D eigenvalue weighted by molar-refractivity contribution is 0.297. The Hall–Kier alpha value is 1.31. The summed E-state index contributed by atoms with van der Waals surface area (Å²) in [5, 5.41) is 0. The first-order valence-corrected chi connectivity index (χ1v) is 3.71. The Morgan fingerprint density at radius 1 is 1.00 bits per heavy atom. The lowest BCUT2D eigenvalue weighted by Crippen LogP contribution is -2.26. The van der Waals surface area contributed by atoms with Crippen molar-refractivity contribution in [1.29, 1.82) is 0 Å². The van der Waals surface area contributed by atoms with Crippen LogP contribution in [0.1, 0.15) is 0 Å². The summed E-state index contributed by atoms with van der Waals surface area (Å²) in [4.78, 5) is 0. The summed E-state index contributed by atoms with van der Waals surface area (Å²) < 4.78 is 18.7. The van der Waals surface area contributed by atoms with E-state index in [0.29, 0.717) is 0 Å². The third kappa shape index (κ3) is 3.63. The van der Waals surface area contributed by atoms with E-state index in [0.717, 1.165) is 0 Å². The fraction of sp³-hybridized carbons (Fsp3) is 0.667. The Labute approximate surface area is 81.3 Å². The molecule has 0 bridgehead atoms. The standard InChI is InChI=1S/C3Cl5F2/c4-2(5,6)1(9)3(7,8)10. The van der Waals surface area contributed by atoms with Gasteiger partial charge in [0.05, 0.1) is 0 Å². The van der Waals surface area contributed by atoms with Crippen LogP contribution < -0.4 is 0 Å². The van der Waals surface area contributed by atoms with Crippen LogP contribution in [0.5, 0.6) is 0 Å². The molecule has 0 heterocycles. The summed E-state index contributed by atoms with van der Waals surface area (Å²) in [6.07, 6.45) is -1.77. The highest BCUT2D eigenvalue weighted by molar-refractivity contribution is 6.70. The Kier molecular flexibility index (Phi) is 3.80. The maximum atomic E-state index is 12.3. The summed E-state index contributed by atoms with van der Waals surface area (Å²) >= 11 is 23.8. The van der Waals surface area contributed by atoms with E-state index in [1.807, 2.05) is 0 Å². The van der Waals surface area contributed by atoms with E-state index in [1.54, 1.807) is 0 Å². The predicted octanol–water partition coefficient (Wildman–Crippen LogP) is 3.96. The van der Waals surface area contributed by atoms with E-state index in [4.69, 9.17) is 34.8 Å². The highest BCUT2D eigenvalue weighted by Crippen LogP contribution is 2.49. The molecule has 61 valence electrons. The zero-order valence-corrected chi connectivity index (χ0v) is 7.93. The summed E-state index contributed by atoms with van der Waals surface area (Å²) in [5.74, 6) is 0. The first-order chi connectivity index (χ1) is 4.15. The first kappa shape index (κ1) is 11.3. The first-order valence-electron chi connectivity index (χ1n) is 1.82. The van der Waals surface area contributed by atoms with Gasteiger partial charge < -0.3 is 0 Å². The Balaban J connectivity index is 4.23. The molecule has 7 heteroatoms. The number of rotatable bonds is 1. The second-order valence-corrected chi connectivity index (χ2v) is 4.83. The SMILES string of the molecule is F[C](C(F)(Cl)Cl)C(Cl)(Cl)Cl. The second kappa shape index (κ2) is 3.36. The van der Waals surface area contributed by atoms with Gasteiger partial charge in [0.2, 0.25) is 3.79 Å². The molecule has 0 aromatic carbocycles. The molecule has 0 nitrogen and oxygen atoms in total. The van der Waals surface area contributed by atoms with Crippen LogP contribution in [0, 0.1) is 6.17 Å². The molecule has 0 atom stereocenters. The molecule has 0 saturated heterocycles. The molecule has 0 spiro atoms. The lowest BCUT2D eigenvalue weighted by Gasteiger charge is -2.19. The summed E-state index contributed by atoms with van der Waals surface area (Å²) in [6, 6.07) is 0. The molecule has 1 radical (unpaired) electrons. The van der Waals surface area contributed by atoms with E-state index in [-0.39, 0.29) is 0 Å². The van der Waals surface area contributed by atoms with Crippen molar-refractivity contribution in [2.24, 2.45) is 0 Å². The van der Waals surface area contributed by atoms with Gasteiger partial charge in [0, 0.05) is 0 Å². The van der Waals surface area contributed by atoms with E-state index >= 15 is 0 Å². The van der Waals surface area contributed by atoms with Crippen LogP contribution in [0.2, 0.25) is 0 Å². The minimum Gasteiger partial charge on any atom is -0.229 e. The quantitative estimate of drug-likeness (QED) is 0.619. The van der Waals surface area contributed by atoms with E-state index < -0.39 is 14.6 Å². The van der Waals surface area contributed by atoms with Crippen molar-refractivity contribution in [3.8, 4) is 0 Å². The molecule has 0 fully saturated rings. The molecule has 0 aliphatic heterocycles. The zero-order valence-electron chi connectivity index (χ0n) is 4.15. The van der Waals surface area contributed by atoms with Crippen LogP contribution >= 0.6 is 58.0 Å². The average Bonchev–Trinajstić information content (AvgIpc) is 1.59. The highest BCUT2D eigenvalue weighted by Gasteiger charge is 2.50. The van der Waals surface area contributed by atoms with Gasteiger partial charge in [-0.25, -0.2) is 8.78 Å². The van der Waals surface area contributed by atoms with Gasteiger partial charge in [-0.2, -0.15) is 0 Å². The maximum Gasteiger partial charge on any atom is 0.299 e. The lowest BCUT2D eigenvalue weighted by atomic mass is 10.5. The van der Waals surface area contributed by atoms with Gasteiger partial charge in [-0.05, 0) is 0 Å². The van der Waals surface area contributed by atoms with Gasteiger partial charge in [-0.1, -0.05) is 58.0 Å². The molecule has 0 aromatic rings. The molecule has 0 rings (SSSR count). The van der Waals surface area contributed by atoms with Crippen molar-refractivity contribution in [2.75, 3.05) is 0 Å². The molecule has 0 aliphatic carbocycles. The monoisotopic (exact) mass is 249 g/mol. The van der Waals surface area contributed by atoms with Crippen LogP contribution in [0.3, 0.4) is 0 Å². The highest BCUT2D eigenvalue weighted by atomic mass is 35.6. The molecule has 10 heavy (non-hydrogen) atoms.